The highest BCUT2D eigenvalue weighted by Gasteiger charge is 2.39. The molecule has 1 unspecified atom stereocenters. The number of fused-ring (bicyclic) bond motifs is 1. The van der Waals surface area contributed by atoms with Gasteiger partial charge in [0.2, 0.25) is 5.91 Å². The summed E-state index contributed by atoms with van der Waals surface area (Å²) in [7, 11) is 3.52. The van der Waals surface area contributed by atoms with Crippen LogP contribution in [0.25, 0.3) is 0 Å². The van der Waals surface area contributed by atoms with E-state index >= 15 is 0 Å². The summed E-state index contributed by atoms with van der Waals surface area (Å²) >= 11 is 6.24. The number of likely N-dealkylation sites (tertiary alicyclic amines) is 2. The van der Waals surface area contributed by atoms with Crippen molar-refractivity contribution in [2.75, 3.05) is 64.9 Å². The molecule has 8 nitrogen and oxygen atoms in total. The van der Waals surface area contributed by atoms with E-state index in [4.69, 9.17) is 21.3 Å². The van der Waals surface area contributed by atoms with Crippen LogP contribution in [-0.2, 0) is 11.2 Å². The predicted molar refractivity (Wildman–Crippen MR) is 169 cm³/mol. The first-order valence-corrected chi connectivity index (χ1v) is 15.7. The lowest BCUT2D eigenvalue weighted by atomic mass is 9.92. The molecule has 3 aromatic rings. The molecule has 44 heavy (non-hydrogen) atoms. The number of likely N-dealkylation sites (N-methyl/N-ethyl adjacent to an activating group) is 1. The number of aromatic nitrogens is 1. The molecule has 6 rings (SSSR count). The minimum atomic E-state index is -0.586. The fourth-order valence-electron chi connectivity index (χ4n) is 7.01. The Kier molecular flexibility index (Phi) is 9.05. The Bertz CT molecular complexity index is 1490. The average molecular weight is 620 g/mol. The molecule has 3 aliphatic rings. The second-order valence-electron chi connectivity index (χ2n) is 12.2. The minimum Gasteiger partial charge on any atom is -0.494 e. The lowest BCUT2D eigenvalue weighted by Crippen LogP contribution is -2.48. The number of halogens is 2. The van der Waals surface area contributed by atoms with Gasteiger partial charge in [0.1, 0.15) is 5.82 Å². The molecule has 3 atom stereocenters. The molecule has 3 saturated heterocycles. The van der Waals surface area contributed by atoms with Gasteiger partial charge >= 0.3 is 0 Å². The number of rotatable bonds is 6. The highest BCUT2D eigenvalue weighted by Crippen LogP contribution is 2.36. The molecule has 3 aliphatic heterocycles. The number of carbonyl (C=O) groups excluding carboxylic acids is 2. The van der Waals surface area contributed by atoms with Crippen LogP contribution in [0.5, 0.6) is 5.75 Å². The van der Waals surface area contributed by atoms with Crippen molar-refractivity contribution in [1.29, 1.82) is 0 Å². The molecular weight excluding hydrogens is 581 g/mol. The van der Waals surface area contributed by atoms with Gasteiger partial charge in [0.05, 0.1) is 25.1 Å². The molecule has 0 spiro atoms. The van der Waals surface area contributed by atoms with Gasteiger partial charge in [-0.15, -0.1) is 0 Å². The van der Waals surface area contributed by atoms with Crippen LogP contribution >= 0.6 is 11.6 Å². The molecule has 1 aromatic heterocycles. The van der Waals surface area contributed by atoms with Crippen molar-refractivity contribution in [3.05, 3.63) is 88.3 Å². The highest BCUT2D eigenvalue weighted by atomic mass is 35.5. The number of ether oxygens (including phenoxy) is 1. The minimum absolute atomic E-state index is 0.00916. The molecule has 2 aromatic carbocycles. The van der Waals surface area contributed by atoms with Crippen LogP contribution in [0.3, 0.4) is 0 Å². The maximum Gasteiger partial charge on any atom is 0.257 e. The van der Waals surface area contributed by atoms with Crippen molar-refractivity contribution in [2.45, 2.75) is 25.3 Å². The summed E-state index contributed by atoms with van der Waals surface area (Å²) in [5, 5.41) is 0.223. The van der Waals surface area contributed by atoms with Gasteiger partial charge in [-0.1, -0.05) is 41.9 Å². The van der Waals surface area contributed by atoms with Crippen LogP contribution in [0.1, 0.15) is 40.4 Å². The van der Waals surface area contributed by atoms with E-state index in [-0.39, 0.29) is 52.4 Å². The first-order valence-electron chi connectivity index (χ1n) is 15.4. The number of amides is 2. The van der Waals surface area contributed by atoms with Crippen molar-refractivity contribution in [1.82, 2.24) is 19.7 Å². The van der Waals surface area contributed by atoms with Crippen molar-refractivity contribution in [2.24, 2.45) is 11.8 Å². The molecule has 10 heteroatoms. The number of carbonyl (C=O) groups is 2. The number of nitrogens with zero attached hydrogens (tertiary/aromatic N) is 5. The Morgan fingerprint density at radius 3 is 2.36 bits per heavy atom. The Morgan fingerprint density at radius 2 is 1.66 bits per heavy atom. The van der Waals surface area contributed by atoms with Gasteiger partial charge < -0.3 is 24.3 Å². The Hall–Kier alpha value is -3.69. The third kappa shape index (κ3) is 6.13. The predicted octanol–water partition coefficient (Wildman–Crippen LogP) is 4.93. The van der Waals surface area contributed by atoms with E-state index in [1.165, 1.54) is 18.7 Å². The van der Waals surface area contributed by atoms with Crippen molar-refractivity contribution < 1.29 is 18.7 Å². The summed E-state index contributed by atoms with van der Waals surface area (Å²) in [6.45, 7) is 4.99. The zero-order valence-corrected chi connectivity index (χ0v) is 26.0. The smallest absolute Gasteiger partial charge is 0.257 e. The summed E-state index contributed by atoms with van der Waals surface area (Å²) in [6.07, 6.45) is 3.29. The number of hydrogen-bond donors (Lipinski definition) is 0. The third-order valence-corrected chi connectivity index (χ3v) is 9.87. The summed E-state index contributed by atoms with van der Waals surface area (Å²) in [5.74, 6) is 0.678. The SMILES string of the molecule is COc1ccc(Cl)c(CC(=O)N2C[C@H]3CCN(C(=O)c4cccnc4N4CCN(C)CC4c4ccccc4)CC[C@H]3C2)c1F. The molecule has 232 valence electrons. The Balaban J connectivity index is 1.13. The van der Waals surface area contributed by atoms with Gasteiger partial charge in [-0.05, 0) is 61.6 Å². The van der Waals surface area contributed by atoms with Crippen LogP contribution in [0.15, 0.2) is 60.8 Å². The summed E-state index contributed by atoms with van der Waals surface area (Å²) in [4.78, 5) is 40.4. The number of piperazine rings is 1. The normalized spacial score (nSPS) is 22.5. The fraction of sp³-hybridized carbons (Fsp3) is 0.441. The van der Waals surface area contributed by atoms with Gasteiger partial charge in [0, 0.05) is 62.6 Å². The van der Waals surface area contributed by atoms with E-state index in [2.05, 4.69) is 41.1 Å². The van der Waals surface area contributed by atoms with Gasteiger partial charge in [-0.3, -0.25) is 9.59 Å². The Labute approximate surface area is 263 Å². The monoisotopic (exact) mass is 619 g/mol. The second-order valence-corrected chi connectivity index (χ2v) is 12.6. The molecule has 0 bridgehead atoms. The topological polar surface area (TPSA) is 69.2 Å². The maximum absolute atomic E-state index is 14.8. The van der Waals surface area contributed by atoms with E-state index in [1.54, 1.807) is 12.3 Å². The van der Waals surface area contributed by atoms with Gasteiger partial charge in [0.15, 0.2) is 11.6 Å². The van der Waals surface area contributed by atoms with Gasteiger partial charge in [-0.2, -0.15) is 0 Å². The van der Waals surface area contributed by atoms with Gasteiger partial charge in [0.25, 0.3) is 5.91 Å². The summed E-state index contributed by atoms with van der Waals surface area (Å²) < 4.78 is 19.9. The van der Waals surface area contributed by atoms with Crippen LogP contribution in [-0.4, -0.2) is 91.5 Å². The van der Waals surface area contributed by atoms with Crippen molar-refractivity contribution in [3.63, 3.8) is 0 Å². The average Bonchev–Trinajstić information content (AvgIpc) is 3.36. The van der Waals surface area contributed by atoms with E-state index in [0.29, 0.717) is 31.7 Å². The molecule has 3 fully saturated rings. The number of methoxy groups -OCH3 is 1. The molecular formula is C34H39ClFN5O3. The van der Waals surface area contributed by atoms with Crippen LogP contribution < -0.4 is 9.64 Å². The lowest BCUT2D eigenvalue weighted by molar-refractivity contribution is -0.129. The highest BCUT2D eigenvalue weighted by molar-refractivity contribution is 6.31. The first-order chi connectivity index (χ1) is 21.3. The Morgan fingerprint density at radius 1 is 0.932 bits per heavy atom. The zero-order valence-electron chi connectivity index (χ0n) is 25.3. The lowest BCUT2D eigenvalue weighted by Gasteiger charge is -2.41. The fourth-order valence-corrected chi connectivity index (χ4v) is 7.22. The summed E-state index contributed by atoms with van der Waals surface area (Å²) in [5.41, 5.74) is 2.02. The zero-order chi connectivity index (χ0) is 30.8. The molecule has 0 N–H and O–H groups in total. The molecule has 0 radical (unpaired) electrons. The van der Waals surface area contributed by atoms with E-state index in [1.807, 2.05) is 28.0 Å². The largest absolute Gasteiger partial charge is 0.494 e. The summed E-state index contributed by atoms with van der Waals surface area (Å²) in [6, 6.07) is 17.3. The van der Waals surface area contributed by atoms with Crippen molar-refractivity contribution in [3.8, 4) is 5.75 Å². The number of benzene rings is 2. The van der Waals surface area contributed by atoms with Crippen LogP contribution in [0.4, 0.5) is 10.2 Å². The van der Waals surface area contributed by atoms with Crippen molar-refractivity contribution >= 4 is 29.2 Å². The second kappa shape index (κ2) is 13.1. The molecule has 0 saturated carbocycles. The number of pyridine rings is 1. The third-order valence-electron chi connectivity index (χ3n) is 9.51. The molecule has 2 amide bonds. The van der Waals surface area contributed by atoms with E-state index in [0.717, 1.165) is 38.3 Å². The number of hydrogen-bond acceptors (Lipinski definition) is 6. The van der Waals surface area contributed by atoms with E-state index < -0.39 is 5.82 Å². The standard InChI is InChI=1S/C34H39ClFN5O3/c1-38-17-18-41(29(22-38)23-7-4-3-5-8-23)33-26(9-6-14-37-33)34(43)39-15-12-24-20-40(21-25(24)13-16-39)31(42)19-27-28(35)10-11-30(44-2)32(27)36/h3-11,14,24-25,29H,12-13,15-22H2,1-2H3/t24-,25+,29?. The molecule has 0 aliphatic carbocycles. The first kappa shape index (κ1) is 30.3. The quantitative estimate of drug-likeness (QED) is 0.390. The van der Waals surface area contributed by atoms with E-state index in [9.17, 15) is 14.0 Å². The van der Waals surface area contributed by atoms with Crippen LogP contribution in [0, 0.1) is 17.7 Å². The number of anilines is 1. The van der Waals surface area contributed by atoms with Gasteiger partial charge in [-0.25, -0.2) is 9.37 Å². The maximum atomic E-state index is 14.8. The molecule has 4 heterocycles. The van der Waals surface area contributed by atoms with Crippen LogP contribution in [0.2, 0.25) is 5.02 Å².